The van der Waals surface area contributed by atoms with Gasteiger partial charge in [-0.05, 0) is 61.1 Å². The number of benzene rings is 2. The molecule has 2 heterocycles. The van der Waals surface area contributed by atoms with Crippen molar-refractivity contribution in [1.29, 1.82) is 0 Å². The molecule has 2 aromatic rings. The molecule has 0 aliphatic carbocycles. The molecule has 6 heteroatoms. The fourth-order valence-electron chi connectivity index (χ4n) is 3.59. The maximum absolute atomic E-state index is 11.2. The van der Waals surface area contributed by atoms with Gasteiger partial charge in [0, 0.05) is 13.8 Å². The van der Waals surface area contributed by atoms with Crippen LogP contribution in [-0.2, 0) is 22.4 Å². The zero-order valence-electron chi connectivity index (χ0n) is 21.6. The highest BCUT2D eigenvalue weighted by Crippen LogP contribution is 2.36. The minimum atomic E-state index is -0.772. The molecule has 0 amide bonds. The maximum Gasteiger partial charge on any atom is 0.300 e. The number of Topliss-reactive ketones (excluding diaryl/α,β-unsaturated/α-hetero) is 2. The topological polar surface area (TPSA) is 71.1 Å². The van der Waals surface area contributed by atoms with Crippen LogP contribution in [0.1, 0.15) is 64.5 Å². The van der Waals surface area contributed by atoms with Gasteiger partial charge in [0.25, 0.3) is 0 Å². The van der Waals surface area contributed by atoms with Crippen LogP contribution in [-0.4, -0.2) is 24.1 Å². The highest BCUT2D eigenvalue weighted by molar-refractivity contribution is 5.81. The summed E-state index contributed by atoms with van der Waals surface area (Å²) in [6.45, 7) is 7.25. The van der Waals surface area contributed by atoms with Gasteiger partial charge in [-0.25, -0.2) is 0 Å². The number of unbranched alkanes of at least 4 members (excludes halogenated alkanes) is 2. The van der Waals surface area contributed by atoms with Crippen LogP contribution in [0.15, 0.2) is 60.7 Å². The summed E-state index contributed by atoms with van der Waals surface area (Å²) >= 11 is 0. The summed E-state index contributed by atoms with van der Waals surface area (Å²) < 4.78 is 21.6. The molecule has 36 heavy (non-hydrogen) atoms. The van der Waals surface area contributed by atoms with Crippen LogP contribution in [0.2, 0.25) is 0 Å². The van der Waals surface area contributed by atoms with Gasteiger partial charge in [-0.3, -0.25) is 9.59 Å². The monoisotopic (exact) mass is 492 g/mol. The summed E-state index contributed by atoms with van der Waals surface area (Å²) in [5.74, 6) is 2.40. The second-order valence-electron chi connectivity index (χ2n) is 8.85. The number of hydrogen-bond donors (Lipinski definition) is 0. The lowest BCUT2D eigenvalue weighted by Gasteiger charge is -2.03. The summed E-state index contributed by atoms with van der Waals surface area (Å²) in [5.41, 5.74) is 2.32. The van der Waals surface area contributed by atoms with E-state index in [2.05, 4.69) is 38.2 Å². The minimum absolute atomic E-state index is 0.115. The van der Waals surface area contributed by atoms with Crippen LogP contribution >= 0.6 is 0 Å². The van der Waals surface area contributed by atoms with Crippen molar-refractivity contribution >= 4 is 11.6 Å². The van der Waals surface area contributed by atoms with Crippen molar-refractivity contribution in [3.05, 3.63) is 71.8 Å². The largest absolute Gasteiger partial charge is 0.444 e. The molecule has 0 fully saturated rings. The van der Waals surface area contributed by atoms with Crippen LogP contribution in [0.3, 0.4) is 0 Å². The predicted molar refractivity (Wildman–Crippen MR) is 140 cm³/mol. The Bertz CT molecular complexity index is 1010. The molecule has 192 valence electrons. The van der Waals surface area contributed by atoms with Crippen molar-refractivity contribution in [3.8, 4) is 23.0 Å². The molecule has 0 bridgehead atoms. The third kappa shape index (κ3) is 7.74. The minimum Gasteiger partial charge on any atom is -0.444 e. The molecule has 2 unspecified atom stereocenters. The zero-order chi connectivity index (χ0) is 25.9. The smallest absolute Gasteiger partial charge is 0.300 e. The average molecular weight is 493 g/mol. The van der Waals surface area contributed by atoms with Crippen LogP contribution < -0.4 is 18.9 Å². The molecule has 2 aliphatic heterocycles. The molecule has 0 radical (unpaired) electrons. The predicted octanol–water partition coefficient (Wildman–Crippen LogP) is 6.54. The fourth-order valence-corrected chi connectivity index (χ4v) is 3.59. The van der Waals surface area contributed by atoms with Crippen molar-refractivity contribution in [2.24, 2.45) is 0 Å². The highest BCUT2D eigenvalue weighted by atomic mass is 16.7. The molecular weight excluding hydrogens is 456 g/mol. The Balaban J connectivity index is 0.000000201. The number of ketones is 2. The molecule has 2 aliphatic rings. The SMILES string of the molecule is CCC/C=C/Cc1ccc2c(c1)OC(C(C)=O)O2.CCC/C=C\Cc1ccc2c(c1)OC(C(C)=O)O2. The van der Waals surface area contributed by atoms with Gasteiger partial charge in [-0.2, -0.15) is 0 Å². The van der Waals surface area contributed by atoms with Crippen molar-refractivity contribution in [2.75, 3.05) is 0 Å². The van der Waals surface area contributed by atoms with E-state index in [9.17, 15) is 9.59 Å². The van der Waals surface area contributed by atoms with E-state index in [1.54, 1.807) is 0 Å². The maximum atomic E-state index is 11.2. The highest BCUT2D eigenvalue weighted by Gasteiger charge is 2.28. The Morgan fingerprint density at radius 2 is 1.03 bits per heavy atom. The third-order valence-electron chi connectivity index (χ3n) is 5.57. The van der Waals surface area contributed by atoms with Gasteiger partial charge in [0.05, 0.1) is 0 Å². The second-order valence-corrected chi connectivity index (χ2v) is 8.85. The number of carbonyl (C=O) groups is 2. The quantitative estimate of drug-likeness (QED) is 0.351. The van der Waals surface area contributed by atoms with E-state index in [0.29, 0.717) is 23.0 Å². The van der Waals surface area contributed by atoms with Gasteiger partial charge in [0.15, 0.2) is 23.0 Å². The normalized spacial score (nSPS) is 17.3. The van der Waals surface area contributed by atoms with Crippen molar-refractivity contribution in [2.45, 2.75) is 78.8 Å². The summed E-state index contributed by atoms with van der Waals surface area (Å²) in [7, 11) is 0. The molecule has 2 atom stereocenters. The molecule has 4 rings (SSSR count). The van der Waals surface area contributed by atoms with Gasteiger partial charge in [-0.15, -0.1) is 0 Å². The van der Waals surface area contributed by atoms with Gasteiger partial charge >= 0.3 is 12.6 Å². The zero-order valence-corrected chi connectivity index (χ0v) is 21.6. The summed E-state index contributed by atoms with van der Waals surface area (Å²) in [6.07, 6.45) is 13.4. The number of rotatable bonds is 10. The lowest BCUT2D eigenvalue weighted by atomic mass is 10.1. The second kappa shape index (κ2) is 13.5. The first-order valence-corrected chi connectivity index (χ1v) is 12.6. The fraction of sp³-hybridized carbons (Fsp3) is 0.400. The van der Waals surface area contributed by atoms with E-state index in [0.717, 1.165) is 49.7 Å². The number of fused-ring (bicyclic) bond motifs is 2. The summed E-state index contributed by atoms with van der Waals surface area (Å²) in [6, 6.07) is 11.6. The Morgan fingerprint density at radius 1 is 0.639 bits per heavy atom. The molecule has 0 saturated heterocycles. The Morgan fingerprint density at radius 3 is 1.39 bits per heavy atom. The number of carbonyl (C=O) groups excluding carboxylic acids is 2. The number of allylic oxidation sites excluding steroid dienone is 4. The first-order valence-electron chi connectivity index (χ1n) is 12.6. The molecular formula is C30H36O6. The van der Waals surface area contributed by atoms with E-state index in [1.165, 1.54) is 13.8 Å². The van der Waals surface area contributed by atoms with E-state index in [4.69, 9.17) is 18.9 Å². The standard InChI is InChI=1S/2C15H18O3/c2*1-3-4-5-6-7-12-8-9-13-14(10-12)18-15(17-13)11(2)16/h2*5-6,8-10,15H,3-4,7H2,1-2H3/b6-5+;6-5-. The molecule has 0 N–H and O–H groups in total. The van der Waals surface area contributed by atoms with Gasteiger partial charge in [-0.1, -0.05) is 63.1 Å². The van der Waals surface area contributed by atoms with Crippen molar-refractivity contribution in [3.63, 3.8) is 0 Å². The van der Waals surface area contributed by atoms with Crippen molar-refractivity contribution in [1.82, 2.24) is 0 Å². The molecule has 0 aromatic heterocycles. The van der Waals surface area contributed by atoms with Crippen LogP contribution in [0.25, 0.3) is 0 Å². The van der Waals surface area contributed by atoms with E-state index in [-0.39, 0.29) is 11.6 Å². The van der Waals surface area contributed by atoms with E-state index < -0.39 is 12.6 Å². The number of hydrogen-bond acceptors (Lipinski definition) is 6. The molecule has 2 aromatic carbocycles. The van der Waals surface area contributed by atoms with Gasteiger partial charge in [0.2, 0.25) is 11.6 Å². The molecule has 6 nitrogen and oxygen atoms in total. The number of ether oxygens (including phenoxy) is 4. The Labute approximate surface area is 213 Å². The Kier molecular flexibility index (Phi) is 10.2. The van der Waals surface area contributed by atoms with Crippen LogP contribution in [0, 0.1) is 0 Å². The first kappa shape index (κ1) is 27.1. The third-order valence-corrected chi connectivity index (χ3v) is 5.57. The van der Waals surface area contributed by atoms with Gasteiger partial charge in [0.1, 0.15) is 0 Å². The van der Waals surface area contributed by atoms with Gasteiger partial charge < -0.3 is 18.9 Å². The van der Waals surface area contributed by atoms with Crippen LogP contribution in [0.5, 0.6) is 23.0 Å². The molecule has 0 spiro atoms. The lowest BCUT2D eigenvalue weighted by molar-refractivity contribution is -0.132. The summed E-state index contributed by atoms with van der Waals surface area (Å²) in [5, 5.41) is 0. The average Bonchev–Trinajstić information content (AvgIpc) is 3.49. The Hall–Kier alpha value is -3.54. The van der Waals surface area contributed by atoms with Crippen LogP contribution in [0.4, 0.5) is 0 Å². The summed E-state index contributed by atoms with van der Waals surface area (Å²) in [4.78, 5) is 22.4. The van der Waals surface area contributed by atoms with Crippen molar-refractivity contribution < 1.29 is 28.5 Å². The first-order chi connectivity index (χ1) is 17.4. The lowest BCUT2D eigenvalue weighted by Crippen LogP contribution is -2.26. The molecule has 0 saturated carbocycles. The van der Waals surface area contributed by atoms with E-state index >= 15 is 0 Å². The van der Waals surface area contributed by atoms with E-state index in [1.807, 2.05) is 36.4 Å².